The first-order chi connectivity index (χ1) is 12.6. The Bertz CT molecular complexity index is 887. The van der Waals surface area contributed by atoms with E-state index in [0.717, 1.165) is 17.7 Å². The van der Waals surface area contributed by atoms with Gasteiger partial charge in [-0.15, -0.1) is 0 Å². The molecule has 2 aromatic carbocycles. The van der Waals surface area contributed by atoms with Crippen LogP contribution in [0, 0.1) is 17.4 Å². The van der Waals surface area contributed by atoms with E-state index >= 15 is 0 Å². The maximum absolute atomic E-state index is 4.68. The van der Waals surface area contributed by atoms with Crippen LogP contribution < -0.4 is 0 Å². The average molecular weight is 456 g/mol. The Morgan fingerprint density at radius 1 is 1.00 bits per heavy atom. The minimum atomic E-state index is 1.00. The van der Waals surface area contributed by atoms with Crippen molar-refractivity contribution in [2.45, 2.75) is 40.0 Å². The van der Waals surface area contributed by atoms with Crippen molar-refractivity contribution in [2.75, 3.05) is 0 Å². The number of rotatable bonds is 6. The van der Waals surface area contributed by atoms with E-state index in [1.807, 2.05) is 6.21 Å². The predicted molar refractivity (Wildman–Crippen MR) is 120 cm³/mol. The highest BCUT2D eigenvalue weighted by Crippen LogP contribution is 2.22. The van der Waals surface area contributed by atoms with Crippen molar-refractivity contribution in [1.29, 1.82) is 0 Å². The fraction of sp³-hybridized carbons (Fsp3) is 0.261. The molecule has 3 rings (SSSR count). The fourth-order valence-corrected chi connectivity index (χ4v) is 3.54. The van der Waals surface area contributed by atoms with Gasteiger partial charge in [-0.1, -0.05) is 25.5 Å². The minimum Gasteiger partial charge on any atom is -0.318 e. The highest BCUT2D eigenvalue weighted by molar-refractivity contribution is 14.1. The Kier molecular flexibility index (Phi) is 6.30. The molecule has 26 heavy (non-hydrogen) atoms. The zero-order valence-electron chi connectivity index (χ0n) is 15.7. The quantitative estimate of drug-likeness (QED) is 0.287. The van der Waals surface area contributed by atoms with Crippen molar-refractivity contribution in [1.82, 2.24) is 4.57 Å². The molecule has 3 aromatic rings. The van der Waals surface area contributed by atoms with Gasteiger partial charge in [-0.25, -0.2) is 0 Å². The molecule has 1 aromatic heterocycles. The van der Waals surface area contributed by atoms with Gasteiger partial charge in [0.15, 0.2) is 0 Å². The van der Waals surface area contributed by atoms with Crippen LogP contribution >= 0.6 is 22.6 Å². The molecule has 3 heteroatoms. The van der Waals surface area contributed by atoms with Crippen LogP contribution in [0.15, 0.2) is 59.6 Å². The number of hydrogen-bond donors (Lipinski definition) is 0. The second kappa shape index (κ2) is 8.67. The van der Waals surface area contributed by atoms with Crippen molar-refractivity contribution in [2.24, 2.45) is 4.99 Å². The molecule has 0 radical (unpaired) electrons. The van der Waals surface area contributed by atoms with Crippen LogP contribution in [0.5, 0.6) is 0 Å². The number of halogens is 1. The molecule has 0 saturated carbocycles. The molecular weight excluding hydrogens is 431 g/mol. The van der Waals surface area contributed by atoms with Crippen LogP contribution in [0.2, 0.25) is 0 Å². The van der Waals surface area contributed by atoms with E-state index in [2.05, 4.69) is 108 Å². The molecule has 0 bridgehead atoms. The number of aliphatic imine (C=N–C) groups is 1. The maximum Gasteiger partial charge on any atom is 0.0630 e. The lowest BCUT2D eigenvalue weighted by Crippen LogP contribution is -1.99. The van der Waals surface area contributed by atoms with Gasteiger partial charge in [0.1, 0.15) is 0 Å². The molecular formula is C23H25IN2. The van der Waals surface area contributed by atoms with Crippen LogP contribution in [-0.4, -0.2) is 10.8 Å². The van der Waals surface area contributed by atoms with Crippen LogP contribution in [-0.2, 0) is 6.42 Å². The summed E-state index contributed by atoms with van der Waals surface area (Å²) in [6.07, 6.45) is 5.60. The third-order valence-corrected chi connectivity index (χ3v) is 5.38. The molecule has 0 amide bonds. The van der Waals surface area contributed by atoms with E-state index in [1.54, 1.807) is 0 Å². The maximum atomic E-state index is 4.68. The lowest BCUT2D eigenvalue weighted by atomic mass is 10.1. The number of benzene rings is 2. The third kappa shape index (κ3) is 4.44. The average Bonchev–Trinajstić information content (AvgIpc) is 2.93. The number of aromatic nitrogens is 1. The number of hydrogen-bond acceptors (Lipinski definition) is 1. The minimum absolute atomic E-state index is 1.00. The standard InChI is InChI=1S/C23H25IN2/c1-4-5-6-19-7-11-22(12-8-19)25-16-20-15-17(2)26(18(20)3)23-13-9-21(24)10-14-23/h7-16H,4-6H2,1-3H3. The zero-order chi connectivity index (χ0) is 18.5. The summed E-state index contributed by atoms with van der Waals surface area (Å²) in [5.41, 5.74) is 7.19. The predicted octanol–water partition coefficient (Wildman–Crippen LogP) is 6.79. The summed E-state index contributed by atoms with van der Waals surface area (Å²) in [5, 5.41) is 0. The van der Waals surface area contributed by atoms with E-state index < -0.39 is 0 Å². The van der Waals surface area contributed by atoms with E-state index in [0.29, 0.717) is 0 Å². The lowest BCUT2D eigenvalue weighted by molar-refractivity contribution is 0.795. The fourth-order valence-electron chi connectivity index (χ4n) is 3.18. The topological polar surface area (TPSA) is 17.3 Å². The molecule has 0 atom stereocenters. The van der Waals surface area contributed by atoms with Gasteiger partial charge in [0, 0.05) is 32.4 Å². The molecule has 0 spiro atoms. The van der Waals surface area contributed by atoms with Gasteiger partial charge in [-0.05, 0) is 97.3 Å². The zero-order valence-corrected chi connectivity index (χ0v) is 17.8. The van der Waals surface area contributed by atoms with E-state index in [-0.39, 0.29) is 0 Å². The van der Waals surface area contributed by atoms with Crippen LogP contribution in [0.25, 0.3) is 5.69 Å². The summed E-state index contributed by atoms with van der Waals surface area (Å²) in [6, 6.07) is 19.4. The Morgan fingerprint density at radius 2 is 1.69 bits per heavy atom. The highest BCUT2D eigenvalue weighted by Gasteiger charge is 2.09. The SMILES string of the molecule is CCCCc1ccc(N=Cc2cc(C)n(-c3ccc(I)cc3)c2C)cc1. The van der Waals surface area contributed by atoms with Gasteiger partial charge in [0.2, 0.25) is 0 Å². The Balaban J connectivity index is 1.81. The molecule has 134 valence electrons. The number of nitrogens with zero attached hydrogens (tertiary/aromatic N) is 2. The van der Waals surface area contributed by atoms with E-state index in [4.69, 9.17) is 0 Å². The van der Waals surface area contributed by atoms with Crippen LogP contribution in [0.4, 0.5) is 5.69 Å². The molecule has 0 fully saturated rings. The number of aryl methyl sites for hydroxylation is 2. The third-order valence-electron chi connectivity index (χ3n) is 4.66. The molecule has 0 aliphatic rings. The van der Waals surface area contributed by atoms with Crippen LogP contribution in [0.1, 0.15) is 42.3 Å². The van der Waals surface area contributed by atoms with Gasteiger partial charge < -0.3 is 4.57 Å². The first-order valence-electron chi connectivity index (χ1n) is 9.16. The molecule has 0 aliphatic carbocycles. The van der Waals surface area contributed by atoms with Gasteiger partial charge in [0.05, 0.1) is 5.69 Å². The second-order valence-electron chi connectivity index (χ2n) is 6.67. The second-order valence-corrected chi connectivity index (χ2v) is 7.91. The molecule has 0 N–H and O–H groups in total. The molecule has 0 saturated heterocycles. The molecule has 2 nitrogen and oxygen atoms in total. The summed E-state index contributed by atoms with van der Waals surface area (Å²) < 4.78 is 3.53. The largest absolute Gasteiger partial charge is 0.318 e. The summed E-state index contributed by atoms with van der Waals surface area (Å²) in [6.45, 7) is 6.52. The first kappa shape index (κ1) is 18.9. The number of unbranched alkanes of at least 4 members (excludes halogenated alkanes) is 1. The normalized spacial score (nSPS) is 11.4. The molecule has 1 heterocycles. The summed E-state index contributed by atoms with van der Waals surface area (Å²) in [7, 11) is 0. The Morgan fingerprint density at radius 3 is 2.35 bits per heavy atom. The van der Waals surface area contributed by atoms with Crippen molar-refractivity contribution in [3.63, 3.8) is 0 Å². The molecule has 0 unspecified atom stereocenters. The van der Waals surface area contributed by atoms with E-state index in [1.165, 1.54) is 39.1 Å². The van der Waals surface area contributed by atoms with Crippen molar-refractivity contribution in [3.05, 3.63) is 80.7 Å². The van der Waals surface area contributed by atoms with Crippen molar-refractivity contribution >= 4 is 34.5 Å². The smallest absolute Gasteiger partial charge is 0.0630 e. The van der Waals surface area contributed by atoms with Crippen molar-refractivity contribution < 1.29 is 0 Å². The summed E-state index contributed by atoms with van der Waals surface area (Å²) >= 11 is 2.34. The molecule has 0 aliphatic heterocycles. The van der Waals surface area contributed by atoms with Crippen LogP contribution in [0.3, 0.4) is 0 Å². The summed E-state index contributed by atoms with van der Waals surface area (Å²) in [4.78, 5) is 4.68. The monoisotopic (exact) mass is 456 g/mol. The van der Waals surface area contributed by atoms with Crippen molar-refractivity contribution in [3.8, 4) is 5.69 Å². The van der Waals surface area contributed by atoms with Gasteiger partial charge >= 0.3 is 0 Å². The Hall–Kier alpha value is -1.88. The lowest BCUT2D eigenvalue weighted by Gasteiger charge is -2.09. The Labute approximate surface area is 170 Å². The van der Waals surface area contributed by atoms with Gasteiger partial charge in [-0.2, -0.15) is 0 Å². The van der Waals surface area contributed by atoms with E-state index in [9.17, 15) is 0 Å². The van der Waals surface area contributed by atoms with Gasteiger partial charge in [-0.3, -0.25) is 4.99 Å². The highest BCUT2D eigenvalue weighted by atomic mass is 127. The van der Waals surface area contributed by atoms with Gasteiger partial charge in [0.25, 0.3) is 0 Å². The first-order valence-corrected chi connectivity index (χ1v) is 10.2. The summed E-state index contributed by atoms with van der Waals surface area (Å²) in [5.74, 6) is 0.